The molecule has 0 saturated carbocycles. The SMILES string of the molecule is CCCCCCCCCCCN[SH](=O)=O. The van der Waals surface area contributed by atoms with Gasteiger partial charge in [0.05, 0.1) is 0 Å². The smallest absolute Gasteiger partial charge is 0.201 e. The Morgan fingerprint density at radius 2 is 1.27 bits per heavy atom. The molecule has 0 rings (SSSR count). The molecule has 0 aromatic rings. The number of unbranched alkanes of at least 4 members (excludes halogenated alkanes) is 8. The molecule has 0 spiro atoms. The molecule has 0 radical (unpaired) electrons. The summed E-state index contributed by atoms with van der Waals surface area (Å²) in [6.45, 7) is 2.84. The molecule has 0 aliphatic heterocycles. The molecule has 0 aliphatic carbocycles. The molecule has 0 amide bonds. The maximum atomic E-state index is 10.2. The molecule has 3 nitrogen and oxygen atoms in total. The zero-order chi connectivity index (χ0) is 11.4. The lowest BCUT2D eigenvalue weighted by Gasteiger charge is -2.01. The Hall–Kier alpha value is -0.0900. The van der Waals surface area contributed by atoms with Crippen molar-refractivity contribution in [3.63, 3.8) is 0 Å². The predicted molar refractivity (Wildman–Crippen MR) is 65.5 cm³/mol. The Morgan fingerprint density at radius 1 is 0.800 bits per heavy atom. The van der Waals surface area contributed by atoms with Crippen LogP contribution in [0, 0.1) is 0 Å². The van der Waals surface area contributed by atoms with Gasteiger partial charge in [0.1, 0.15) is 0 Å². The number of hydrogen-bond acceptors (Lipinski definition) is 2. The van der Waals surface area contributed by atoms with Gasteiger partial charge in [-0.25, -0.2) is 13.1 Å². The third-order valence-electron chi connectivity index (χ3n) is 2.52. The monoisotopic (exact) mass is 235 g/mol. The molecule has 92 valence electrons. The van der Waals surface area contributed by atoms with Crippen LogP contribution >= 0.6 is 0 Å². The summed E-state index contributed by atoms with van der Waals surface area (Å²) in [5.74, 6) is 0. The van der Waals surface area contributed by atoms with Crippen LogP contribution in [0.4, 0.5) is 0 Å². The second-order valence-electron chi connectivity index (χ2n) is 3.99. The fourth-order valence-corrected chi connectivity index (χ4v) is 1.95. The van der Waals surface area contributed by atoms with Crippen LogP contribution in [0.3, 0.4) is 0 Å². The topological polar surface area (TPSA) is 46.2 Å². The largest absolute Gasteiger partial charge is 0.218 e. The normalized spacial score (nSPS) is 11.1. The fourth-order valence-electron chi connectivity index (χ4n) is 1.61. The van der Waals surface area contributed by atoms with Gasteiger partial charge in [-0.05, 0) is 6.42 Å². The first-order valence-electron chi connectivity index (χ1n) is 6.15. The van der Waals surface area contributed by atoms with E-state index < -0.39 is 10.9 Å². The van der Waals surface area contributed by atoms with E-state index in [2.05, 4.69) is 11.6 Å². The van der Waals surface area contributed by atoms with Crippen LogP contribution in [0.1, 0.15) is 64.7 Å². The number of hydrogen-bond donors (Lipinski definition) is 2. The van der Waals surface area contributed by atoms with Crippen molar-refractivity contribution in [3.05, 3.63) is 0 Å². The van der Waals surface area contributed by atoms with Gasteiger partial charge in [0, 0.05) is 6.54 Å². The number of nitrogens with one attached hydrogen (secondary N) is 1. The molecule has 15 heavy (non-hydrogen) atoms. The quantitative estimate of drug-likeness (QED) is 0.427. The maximum absolute atomic E-state index is 10.2. The molecule has 0 heterocycles. The van der Waals surface area contributed by atoms with Crippen molar-refractivity contribution < 1.29 is 8.42 Å². The van der Waals surface area contributed by atoms with Gasteiger partial charge < -0.3 is 0 Å². The van der Waals surface area contributed by atoms with E-state index in [9.17, 15) is 8.42 Å². The molecule has 0 saturated heterocycles. The minimum absolute atomic E-state index is 0.606. The second-order valence-corrected chi connectivity index (χ2v) is 4.82. The van der Waals surface area contributed by atoms with Gasteiger partial charge in [0.25, 0.3) is 0 Å². The average molecular weight is 235 g/mol. The molecule has 0 atom stereocenters. The van der Waals surface area contributed by atoms with Crippen LogP contribution in [-0.4, -0.2) is 15.0 Å². The molecule has 0 bridgehead atoms. The fraction of sp³-hybridized carbons (Fsp3) is 1.00. The Kier molecular flexibility index (Phi) is 11.9. The van der Waals surface area contributed by atoms with Crippen molar-refractivity contribution >= 4 is 10.9 Å². The van der Waals surface area contributed by atoms with Gasteiger partial charge in [-0.3, -0.25) is 0 Å². The van der Waals surface area contributed by atoms with Gasteiger partial charge in [-0.1, -0.05) is 58.3 Å². The molecule has 0 aromatic heterocycles. The van der Waals surface area contributed by atoms with E-state index in [4.69, 9.17) is 0 Å². The lowest BCUT2D eigenvalue weighted by Crippen LogP contribution is -2.12. The van der Waals surface area contributed by atoms with E-state index in [-0.39, 0.29) is 0 Å². The maximum Gasteiger partial charge on any atom is 0.201 e. The third-order valence-corrected chi connectivity index (χ3v) is 3.00. The summed E-state index contributed by atoms with van der Waals surface area (Å²) in [4.78, 5) is 0. The standard InChI is InChI=1S/C11H25NO2S/c1-2-3-4-5-6-7-8-9-10-11-12-15(13)14/h15H,2-11H2,1H3,(H,12,13,14). The van der Waals surface area contributed by atoms with Crippen LogP contribution < -0.4 is 4.72 Å². The summed E-state index contributed by atoms with van der Waals surface area (Å²) in [7, 11) is -2.39. The molecule has 0 aliphatic rings. The van der Waals surface area contributed by atoms with Crippen molar-refractivity contribution in [2.24, 2.45) is 0 Å². The van der Waals surface area contributed by atoms with Gasteiger partial charge in [0.2, 0.25) is 10.9 Å². The van der Waals surface area contributed by atoms with Crippen molar-refractivity contribution in [2.75, 3.05) is 6.54 Å². The van der Waals surface area contributed by atoms with Crippen molar-refractivity contribution in [1.82, 2.24) is 4.72 Å². The summed E-state index contributed by atoms with van der Waals surface area (Å²) >= 11 is 0. The summed E-state index contributed by atoms with van der Waals surface area (Å²) in [6, 6.07) is 0. The van der Waals surface area contributed by atoms with Crippen molar-refractivity contribution in [1.29, 1.82) is 0 Å². The van der Waals surface area contributed by atoms with E-state index in [1.54, 1.807) is 0 Å². The van der Waals surface area contributed by atoms with Crippen molar-refractivity contribution in [3.8, 4) is 0 Å². The number of thiol groups is 1. The van der Waals surface area contributed by atoms with Gasteiger partial charge in [-0.15, -0.1) is 0 Å². The highest BCUT2D eigenvalue weighted by atomic mass is 32.2. The number of rotatable bonds is 11. The summed E-state index contributed by atoms with van der Waals surface area (Å²) in [5, 5.41) is 0. The van der Waals surface area contributed by atoms with Crippen LogP contribution in [-0.2, 0) is 10.9 Å². The van der Waals surface area contributed by atoms with Gasteiger partial charge >= 0.3 is 0 Å². The lowest BCUT2D eigenvalue weighted by atomic mass is 10.1. The van der Waals surface area contributed by atoms with Crippen LogP contribution in [0.15, 0.2) is 0 Å². The highest BCUT2D eigenvalue weighted by molar-refractivity contribution is 7.70. The summed E-state index contributed by atoms with van der Waals surface area (Å²) in [6.07, 6.45) is 11.4. The Bertz CT molecular complexity index is 185. The van der Waals surface area contributed by atoms with Gasteiger partial charge in [-0.2, -0.15) is 0 Å². The minimum atomic E-state index is -2.39. The first-order chi connectivity index (χ1) is 7.27. The van der Waals surface area contributed by atoms with E-state index in [1.807, 2.05) is 0 Å². The Labute approximate surface area is 95.7 Å². The van der Waals surface area contributed by atoms with E-state index in [0.29, 0.717) is 6.54 Å². The Morgan fingerprint density at radius 3 is 1.73 bits per heavy atom. The lowest BCUT2D eigenvalue weighted by molar-refractivity contribution is 0.559. The van der Waals surface area contributed by atoms with E-state index in [0.717, 1.165) is 12.8 Å². The molecule has 1 N–H and O–H groups in total. The van der Waals surface area contributed by atoms with Crippen LogP contribution in [0.25, 0.3) is 0 Å². The van der Waals surface area contributed by atoms with Gasteiger partial charge in [0.15, 0.2) is 0 Å². The summed E-state index contributed by atoms with van der Waals surface area (Å²) < 4.78 is 22.7. The molecule has 0 unspecified atom stereocenters. The molecule has 0 aromatic carbocycles. The molecule has 0 fully saturated rings. The zero-order valence-electron chi connectivity index (χ0n) is 9.83. The first kappa shape index (κ1) is 14.9. The van der Waals surface area contributed by atoms with Crippen LogP contribution in [0.5, 0.6) is 0 Å². The molecular formula is C11H25NO2S. The second kappa shape index (κ2) is 12.0. The highest BCUT2D eigenvalue weighted by Gasteiger charge is 1.92. The highest BCUT2D eigenvalue weighted by Crippen LogP contribution is 2.08. The van der Waals surface area contributed by atoms with Crippen molar-refractivity contribution in [2.45, 2.75) is 64.7 Å². The molecular weight excluding hydrogens is 210 g/mol. The Balaban J connectivity index is 2.92. The minimum Gasteiger partial charge on any atom is -0.218 e. The first-order valence-corrected chi connectivity index (χ1v) is 7.33. The van der Waals surface area contributed by atoms with Crippen LogP contribution in [0.2, 0.25) is 0 Å². The molecule has 4 heteroatoms. The average Bonchev–Trinajstić information content (AvgIpc) is 2.20. The van der Waals surface area contributed by atoms with E-state index in [1.165, 1.54) is 44.9 Å². The summed E-state index contributed by atoms with van der Waals surface area (Å²) in [5.41, 5.74) is 0. The third kappa shape index (κ3) is 13.9. The zero-order valence-corrected chi connectivity index (χ0v) is 10.7. The van der Waals surface area contributed by atoms with E-state index >= 15 is 0 Å². The predicted octanol–water partition coefficient (Wildman–Crippen LogP) is 2.63.